The Morgan fingerprint density at radius 3 is 2.11 bits per heavy atom. The van der Waals surface area contributed by atoms with Crippen molar-refractivity contribution in [3.8, 4) is 5.75 Å². The Bertz CT molecular complexity index is 774. The number of carbonyl (C=O) groups is 1. The number of amides is 1. The highest BCUT2D eigenvalue weighted by molar-refractivity contribution is 5.94. The second kappa shape index (κ2) is 8.65. The summed E-state index contributed by atoms with van der Waals surface area (Å²) in [5, 5.41) is 0. The summed E-state index contributed by atoms with van der Waals surface area (Å²) >= 11 is 0. The summed E-state index contributed by atoms with van der Waals surface area (Å²) < 4.78 is 5.24. The highest BCUT2D eigenvalue weighted by Gasteiger charge is 2.20. The van der Waals surface area contributed by atoms with Gasteiger partial charge in [0.1, 0.15) is 5.75 Å². The summed E-state index contributed by atoms with van der Waals surface area (Å²) in [6, 6.07) is 16.5. The lowest BCUT2D eigenvalue weighted by Crippen LogP contribution is -2.45. The van der Waals surface area contributed by atoms with Crippen LogP contribution < -0.4 is 9.64 Å². The van der Waals surface area contributed by atoms with Crippen molar-refractivity contribution in [2.24, 2.45) is 0 Å². The van der Waals surface area contributed by atoms with E-state index in [4.69, 9.17) is 4.74 Å². The summed E-state index contributed by atoms with van der Waals surface area (Å²) in [6.07, 6.45) is 2.26. The first kappa shape index (κ1) is 18.8. The van der Waals surface area contributed by atoms with E-state index in [1.165, 1.54) is 11.3 Å². The van der Waals surface area contributed by atoms with Crippen molar-refractivity contribution in [3.05, 3.63) is 59.7 Å². The molecule has 0 saturated carbocycles. The molecule has 2 aliphatic heterocycles. The van der Waals surface area contributed by atoms with E-state index in [0.29, 0.717) is 0 Å². The number of anilines is 1. The maximum atomic E-state index is 12.5. The quantitative estimate of drug-likeness (QED) is 0.799. The Kier molecular flexibility index (Phi) is 5.81. The topological polar surface area (TPSA) is 36.0 Å². The van der Waals surface area contributed by atoms with E-state index >= 15 is 0 Å². The molecule has 2 fully saturated rings. The molecule has 2 saturated heterocycles. The van der Waals surface area contributed by atoms with Gasteiger partial charge in [-0.2, -0.15) is 0 Å². The van der Waals surface area contributed by atoms with Gasteiger partial charge in [-0.3, -0.25) is 9.69 Å². The van der Waals surface area contributed by atoms with Crippen LogP contribution in [0, 0.1) is 0 Å². The molecule has 0 aliphatic carbocycles. The van der Waals surface area contributed by atoms with Gasteiger partial charge in [0.15, 0.2) is 0 Å². The lowest BCUT2D eigenvalue weighted by atomic mass is 10.1. The van der Waals surface area contributed by atoms with Crippen LogP contribution in [0.3, 0.4) is 0 Å². The summed E-state index contributed by atoms with van der Waals surface area (Å²) in [7, 11) is 1.70. The second-order valence-corrected chi connectivity index (χ2v) is 7.66. The fourth-order valence-corrected chi connectivity index (χ4v) is 4.07. The third-order valence-corrected chi connectivity index (χ3v) is 5.81. The smallest absolute Gasteiger partial charge is 0.253 e. The molecule has 1 amide bonds. The van der Waals surface area contributed by atoms with Crippen LogP contribution in [0.2, 0.25) is 0 Å². The van der Waals surface area contributed by atoms with E-state index in [2.05, 4.69) is 34.1 Å². The van der Waals surface area contributed by atoms with Gasteiger partial charge < -0.3 is 14.5 Å². The van der Waals surface area contributed by atoms with Gasteiger partial charge in [-0.05, 0) is 54.8 Å². The average Bonchev–Trinajstić information content (AvgIpc) is 3.29. The van der Waals surface area contributed by atoms with Crippen LogP contribution >= 0.6 is 0 Å². The lowest BCUT2D eigenvalue weighted by molar-refractivity contribution is 0.0793. The Labute approximate surface area is 167 Å². The summed E-state index contributed by atoms with van der Waals surface area (Å²) in [5.74, 6) is 1.08. The SMILES string of the molecule is COc1ccc(N2CCN(Cc3ccc(C(=O)N4CCCC4)cc3)CC2)cc1. The van der Waals surface area contributed by atoms with Gasteiger partial charge in [-0.15, -0.1) is 0 Å². The van der Waals surface area contributed by atoms with E-state index < -0.39 is 0 Å². The summed E-state index contributed by atoms with van der Waals surface area (Å²) in [6.45, 7) is 6.88. The van der Waals surface area contributed by atoms with E-state index in [1.807, 2.05) is 29.2 Å². The van der Waals surface area contributed by atoms with Gasteiger partial charge in [0, 0.05) is 57.1 Å². The van der Waals surface area contributed by atoms with Crippen LogP contribution in [0.15, 0.2) is 48.5 Å². The minimum Gasteiger partial charge on any atom is -0.497 e. The van der Waals surface area contributed by atoms with Gasteiger partial charge in [-0.1, -0.05) is 12.1 Å². The molecule has 2 aliphatic rings. The Balaban J connectivity index is 1.29. The number of hydrogen-bond acceptors (Lipinski definition) is 4. The van der Waals surface area contributed by atoms with Crippen LogP contribution in [-0.4, -0.2) is 62.1 Å². The first-order valence-corrected chi connectivity index (χ1v) is 10.2. The van der Waals surface area contributed by atoms with Crippen LogP contribution in [0.4, 0.5) is 5.69 Å². The highest BCUT2D eigenvalue weighted by atomic mass is 16.5. The number of nitrogens with zero attached hydrogens (tertiary/aromatic N) is 3. The summed E-state index contributed by atoms with van der Waals surface area (Å²) in [4.78, 5) is 19.3. The van der Waals surface area contributed by atoms with Crippen molar-refractivity contribution in [2.75, 3.05) is 51.3 Å². The molecule has 0 atom stereocenters. The number of likely N-dealkylation sites (tertiary alicyclic amines) is 1. The zero-order valence-corrected chi connectivity index (χ0v) is 16.6. The molecule has 2 aromatic carbocycles. The number of rotatable bonds is 5. The lowest BCUT2D eigenvalue weighted by Gasteiger charge is -2.36. The molecule has 148 valence electrons. The second-order valence-electron chi connectivity index (χ2n) is 7.66. The predicted octanol–water partition coefficient (Wildman–Crippen LogP) is 3.25. The normalized spacial score (nSPS) is 17.8. The zero-order chi connectivity index (χ0) is 19.3. The molecular formula is C23H29N3O2. The molecule has 0 bridgehead atoms. The molecule has 2 aromatic rings. The van der Waals surface area contributed by atoms with E-state index in [0.717, 1.165) is 70.0 Å². The van der Waals surface area contributed by atoms with E-state index in [-0.39, 0.29) is 5.91 Å². The van der Waals surface area contributed by atoms with Gasteiger partial charge in [0.25, 0.3) is 5.91 Å². The maximum absolute atomic E-state index is 12.5. The number of benzene rings is 2. The Hall–Kier alpha value is -2.53. The van der Waals surface area contributed by atoms with Gasteiger partial charge >= 0.3 is 0 Å². The van der Waals surface area contributed by atoms with Crippen molar-refractivity contribution in [1.29, 1.82) is 0 Å². The Morgan fingerprint density at radius 1 is 0.857 bits per heavy atom. The van der Waals surface area contributed by atoms with Crippen molar-refractivity contribution >= 4 is 11.6 Å². The third kappa shape index (κ3) is 4.30. The zero-order valence-electron chi connectivity index (χ0n) is 16.6. The van der Waals surface area contributed by atoms with Gasteiger partial charge in [0.2, 0.25) is 0 Å². The monoisotopic (exact) mass is 379 g/mol. The maximum Gasteiger partial charge on any atom is 0.253 e. The molecule has 2 heterocycles. The van der Waals surface area contributed by atoms with E-state index in [9.17, 15) is 4.79 Å². The van der Waals surface area contributed by atoms with E-state index in [1.54, 1.807) is 7.11 Å². The molecule has 4 rings (SSSR count). The standard InChI is InChI=1S/C23H29N3O2/c1-28-22-10-8-21(9-11-22)25-16-14-24(15-17-25)18-19-4-6-20(7-5-19)23(27)26-12-2-3-13-26/h4-11H,2-3,12-18H2,1H3. The largest absolute Gasteiger partial charge is 0.497 e. The van der Waals surface area contributed by atoms with Crippen LogP contribution in [0.25, 0.3) is 0 Å². The molecule has 0 aromatic heterocycles. The number of carbonyl (C=O) groups excluding carboxylic acids is 1. The minimum atomic E-state index is 0.178. The fraction of sp³-hybridized carbons (Fsp3) is 0.435. The number of hydrogen-bond donors (Lipinski definition) is 0. The molecular weight excluding hydrogens is 350 g/mol. The van der Waals surface area contributed by atoms with Crippen molar-refractivity contribution < 1.29 is 9.53 Å². The van der Waals surface area contributed by atoms with Crippen molar-refractivity contribution in [1.82, 2.24) is 9.80 Å². The molecule has 5 nitrogen and oxygen atoms in total. The van der Waals surface area contributed by atoms with Crippen LogP contribution in [0.5, 0.6) is 5.75 Å². The number of piperazine rings is 1. The summed E-state index contributed by atoms with van der Waals surface area (Å²) in [5.41, 5.74) is 3.34. The molecule has 5 heteroatoms. The molecule has 0 radical (unpaired) electrons. The third-order valence-electron chi connectivity index (χ3n) is 5.81. The molecule has 0 spiro atoms. The molecule has 0 unspecified atom stereocenters. The molecule has 0 N–H and O–H groups in total. The van der Waals surface area contributed by atoms with Gasteiger partial charge in [0.05, 0.1) is 7.11 Å². The first-order chi connectivity index (χ1) is 13.7. The van der Waals surface area contributed by atoms with Crippen LogP contribution in [-0.2, 0) is 6.54 Å². The predicted molar refractivity (Wildman–Crippen MR) is 112 cm³/mol. The van der Waals surface area contributed by atoms with Crippen molar-refractivity contribution in [3.63, 3.8) is 0 Å². The number of methoxy groups -OCH3 is 1. The fourth-order valence-electron chi connectivity index (χ4n) is 4.07. The average molecular weight is 380 g/mol. The molecule has 28 heavy (non-hydrogen) atoms. The first-order valence-electron chi connectivity index (χ1n) is 10.2. The van der Waals surface area contributed by atoms with Crippen LogP contribution in [0.1, 0.15) is 28.8 Å². The number of ether oxygens (including phenoxy) is 1. The highest BCUT2D eigenvalue weighted by Crippen LogP contribution is 2.21. The van der Waals surface area contributed by atoms with Crippen molar-refractivity contribution in [2.45, 2.75) is 19.4 Å². The minimum absolute atomic E-state index is 0.178. The van der Waals surface area contributed by atoms with Gasteiger partial charge in [-0.25, -0.2) is 0 Å². The Morgan fingerprint density at radius 2 is 1.50 bits per heavy atom.